The summed E-state index contributed by atoms with van der Waals surface area (Å²) in [6.07, 6.45) is 6.34. The lowest BCUT2D eigenvalue weighted by molar-refractivity contribution is -0.433. The van der Waals surface area contributed by atoms with Crippen molar-refractivity contribution in [2.24, 2.45) is 5.92 Å². The van der Waals surface area contributed by atoms with E-state index in [1.165, 1.54) is 6.42 Å². The SMILES string of the molecule is O=C(OCCC1CCCCC1)c1cc([N+](=O)[O-])c(SOOO)c([N+](=O)[O-])c1. The van der Waals surface area contributed by atoms with Crippen molar-refractivity contribution in [1.82, 2.24) is 0 Å². The second kappa shape index (κ2) is 10.2. The minimum atomic E-state index is -0.908. The van der Waals surface area contributed by atoms with E-state index in [0.717, 1.165) is 37.8 Å². The zero-order valence-electron chi connectivity index (χ0n) is 14.2. The highest BCUT2D eigenvalue weighted by Crippen LogP contribution is 2.39. The van der Waals surface area contributed by atoms with Crippen LogP contribution in [0.1, 0.15) is 48.9 Å². The Hall–Kier alpha value is -2.28. The lowest BCUT2D eigenvalue weighted by Crippen LogP contribution is -2.13. The Bertz CT molecular complexity index is 672. The van der Waals surface area contributed by atoms with Crippen LogP contribution < -0.4 is 0 Å². The number of rotatable bonds is 9. The standard InChI is InChI=1S/C15H18N2O9S/c18-15(24-7-6-10-4-2-1-3-5-10)11-8-12(16(19)20)14(27-26-25-23)13(9-11)17(21)22/h8-10,23H,1-7H2. The van der Waals surface area contributed by atoms with Crippen LogP contribution in [0.15, 0.2) is 17.0 Å². The fourth-order valence-corrected chi connectivity index (χ4v) is 3.54. The van der Waals surface area contributed by atoms with Gasteiger partial charge in [-0.1, -0.05) is 37.1 Å². The number of benzene rings is 1. The number of nitrogens with zero attached hydrogens (tertiary/aromatic N) is 2. The van der Waals surface area contributed by atoms with Crippen molar-refractivity contribution in [2.75, 3.05) is 6.61 Å². The van der Waals surface area contributed by atoms with E-state index in [2.05, 4.69) is 9.37 Å². The molecule has 0 aliphatic heterocycles. The first-order valence-electron chi connectivity index (χ1n) is 8.22. The normalized spacial score (nSPS) is 14.7. The Morgan fingerprint density at radius 2 is 1.74 bits per heavy atom. The Balaban J connectivity index is 2.15. The third-order valence-electron chi connectivity index (χ3n) is 4.31. The summed E-state index contributed by atoms with van der Waals surface area (Å²) in [7, 11) is 0. The number of hydrogen-bond donors (Lipinski definition) is 1. The number of esters is 1. The molecule has 2 rings (SSSR count). The van der Waals surface area contributed by atoms with Crippen LogP contribution in [0.25, 0.3) is 0 Å². The molecule has 0 heterocycles. The first kappa shape index (κ1) is 21.0. The summed E-state index contributed by atoms with van der Waals surface area (Å²) in [5, 5.41) is 33.9. The molecule has 27 heavy (non-hydrogen) atoms. The first-order chi connectivity index (χ1) is 12.9. The number of carbonyl (C=O) groups excluding carboxylic acids is 1. The molecular formula is C15H18N2O9S. The van der Waals surface area contributed by atoms with Crippen LogP contribution in [-0.2, 0) is 14.1 Å². The molecule has 0 unspecified atom stereocenters. The van der Waals surface area contributed by atoms with Gasteiger partial charge >= 0.3 is 5.97 Å². The predicted octanol–water partition coefficient (Wildman–Crippen LogP) is 4.06. The average Bonchev–Trinajstić information content (AvgIpc) is 2.66. The number of nitro benzene ring substituents is 2. The number of carbonyl (C=O) groups is 1. The van der Waals surface area contributed by atoms with Gasteiger partial charge in [0.2, 0.25) is 0 Å². The Morgan fingerprint density at radius 3 is 2.26 bits per heavy atom. The van der Waals surface area contributed by atoms with Crippen molar-refractivity contribution in [3.63, 3.8) is 0 Å². The smallest absolute Gasteiger partial charge is 0.338 e. The van der Waals surface area contributed by atoms with E-state index in [4.69, 9.17) is 9.99 Å². The van der Waals surface area contributed by atoms with E-state index in [0.29, 0.717) is 12.3 Å². The number of ether oxygens (including phenoxy) is 1. The van der Waals surface area contributed by atoms with Gasteiger partial charge in [-0.2, -0.15) is 0 Å². The maximum Gasteiger partial charge on any atom is 0.338 e. The van der Waals surface area contributed by atoms with E-state index >= 15 is 0 Å². The Morgan fingerprint density at radius 1 is 1.15 bits per heavy atom. The quantitative estimate of drug-likeness (QED) is 0.210. The van der Waals surface area contributed by atoms with Gasteiger partial charge < -0.3 is 4.74 Å². The van der Waals surface area contributed by atoms with E-state index in [1.807, 2.05) is 0 Å². The second-order valence-electron chi connectivity index (χ2n) is 6.01. The maximum atomic E-state index is 12.2. The molecule has 1 aliphatic rings. The van der Waals surface area contributed by atoms with Crippen molar-refractivity contribution in [3.8, 4) is 0 Å². The highest BCUT2D eigenvalue weighted by Gasteiger charge is 2.30. The summed E-state index contributed by atoms with van der Waals surface area (Å²) in [4.78, 5) is 32.3. The van der Waals surface area contributed by atoms with Crippen LogP contribution >= 0.6 is 12.0 Å². The lowest BCUT2D eigenvalue weighted by atomic mass is 9.87. The van der Waals surface area contributed by atoms with Crippen LogP contribution in [0, 0.1) is 26.1 Å². The van der Waals surface area contributed by atoms with Gasteiger partial charge in [0, 0.05) is 12.1 Å². The van der Waals surface area contributed by atoms with Crippen LogP contribution in [0.5, 0.6) is 0 Å². The molecule has 0 saturated heterocycles. The molecule has 0 amide bonds. The lowest BCUT2D eigenvalue weighted by Gasteiger charge is -2.21. The summed E-state index contributed by atoms with van der Waals surface area (Å²) in [5.74, 6) is -0.405. The number of hydrogen-bond acceptors (Lipinski definition) is 10. The fourth-order valence-electron chi connectivity index (χ4n) is 3.00. The van der Waals surface area contributed by atoms with E-state index < -0.39 is 32.1 Å². The molecule has 148 valence electrons. The van der Waals surface area contributed by atoms with Gasteiger partial charge in [0.1, 0.15) is 0 Å². The van der Waals surface area contributed by atoms with Gasteiger partial charge in [-0.15, -0.1) is 4.33 Å². The van der Waals surface area contributed by atoms with Crippen molar-refractivity contribution < 1.29 is 34.0 Å². The molecule has 12 heteroatoms. The molecule has 0 spiro atoms. The van der Waals surface area contributed by atoms with Gasteiger partial charge in [0.15, 0.2) is 4.90 Å². The molecule has 1 N–H and O–H groups in total. The van der Waals surface area contributed by atoms with E-state index in [1.54, 1.807) is 0 Å². The molecule has 1 aromatic carbocycles. The van der Waals surface area contributed by atoms with Crippen LogP contribution in [0.4, 0.5) is 11.4 Å². The van der Waals surface area contributed by atoms with Gasteiger partial charge in [-0.3, -0.25) is 20.2 Å². The predicted molar refractivity (Wildman–Crippen MR) is 91.9 cm³/mol. The molecule has 0 aromatic heterocycles. The average molecular weight is 402 g/mol. The topological polar surface area (TPSA) is 151 Å². The van der Waals surface area contributed by atoms with Gasteiger partial charge in [0.25, 0.3) is 11.4 Å². The zero-order valence-corrected chi connectivity index (χ0v) is 15.0. The summed E-state index contributed by atoms with van der Waals surface area (Å²) < 4.78 is 9.22. The number of nitro groups is 2. The van der Waals surface area contributed by atoms with Crippen molar-refractivity contribution in [1.29, 1.82) is 0 Å². The summed E-state index contributed by atoms with van der Waals surface area (Å²) in [6, 6.07) is 1.72. The van der Waals surface area contributed by atoms with Crippen molar-refractivity contribution >= 4 is 29.4 Å². The maximum absolute atomic E-state index is 12.2. The molecule has 1 aromatic rings. The summed E-state index contributed by atoms with van der Waals surface area (Å²) in [6.45, 7) is 0.142. The minimum Gasteiger partial charge on any atom is -0.462 e. The zero-order chi connectivity index (χ0) is 19.8. The molecule has 1 fully saturated rings. The third kappa shape index (κ3) is 5.85. The van der Waals surface area contributed by atoms with Crippen molar-refractivity contribution in [2.45, 2.75) is 43.4 Å². The van der Waals surface area contributed by atoms with Gasteiger partial charge in [-0.25, -0.2) is 10.1 Å². The Kier molecular flexibility index (Phi) is 7.91. The van der Waals surface area contributed by atoms with E-state index in [9.17, 15) is 25.0 Å². The third-order valence-corrected chi connectivity index (χ3v) is 5.02. The summed E-state index contributed by atoms with van der Waals surface area (Å²) in [5.41, 5.74) is -1.80. The van der Waals surface area contributed by atoms with Crippen LogP contribution in [-0.4, -0.2) is 27.7 Å². The first-order valence-corrected chi connectivity index (χ1v) is 8.97. The molecule has 0 bridgehead atoms. The molecule has 0 radical (unpaired) electrons. The highest BCUT2D eigenvalue weighted by atomic mass is 32.2. The molecule has 1 aliphatic carbocycles. The largest absolute Gasteiger partial charge is 0.462 e. The molecule has 1 saturated carbocycles. The monoisotopic (exact) mass is 402 g/mol. The van der Waals surface area contributed by atoms with Gasteiger partial charge in [0.05, 0.1) is 34.1 Å². The molecular weight excluding hydrogens is 384 g/mol. The second-order valence-corrected chi connectivity index (χ2v) is 6.72. The molecule has 11 nitrogen and oxygen atoms in total. The van der Waals surface area contributed by atoms with E-state index in [-0.39, 0.29) is 24.2 Å². The van der Waals surface area contributed by atoms with Crippen LogP contribution in [0.3, 0.4) is 0 Å². The highest BCUT2D eigenvalue weighted by molar-refractivity contribution is 7.94. The fraction of sp³-hybridized carbons (Fsp3) is 0.533. The minimum absolute atomic E-state index is 0.0797. The van der Waals surface area contributed by atoms with Gasteiger partial charge in [-0.05, 0) is 12.3 Å². The molecule has 0 atom stereocenters. The Labute approximate surface area is 158 Å². The summed E-state index contributed by atoms with van der Waals surface area (Å²) >= 11 is 0.0797. The van der Waals surface area contributed by atoms with Crippen LogP contribution in [0.2, 0.25) is 0 Å². The van der Waals surface area contributed by atoms with Crippen molar-refractivity contribution in [3.05, 3.63) is 37.9 Å².